The van der Waals surface area contributed by atoms with E-state index in [1.54, 1.807) is 48.8 Å². The number of rotatable bonds is 3. The van der Waals surface area contributed by atoms with Crippen LogP contribution in [-0.4, -0.2) is 27.1 Å². The molecule has 0 aliphatic rings. The SMILES string of the molecule is OB(O)c1ccc2nc(Oc3cccnc3)ccc2c1. The Labute approximate surface area is 115 Å². The van der Waals surface area contributed by atoms with Crippen LogP contribution in [0.25, 0.3) is 10.9 Å². The molecule has 20 heavy (non-hydrogen) atoms. The lowest BCUT2D eigenvalue weighted by Gasteiger charge is -2.06. The lowest BCUT2D eigenvalue weighted by molar-refractivity contribution is 0.426. The highest BCUT2D eigenvalue weighted by Gasteiger charge is 2.11. The molecule has 2 N–H and O–H groups in total. The van der Waals surface area contributed by atoms with Crippen LogP contribution in [0.15, 0.2) is 54.9 Å². The summed E-state index contributed by atoms with van der Waals surface area (Å²) < 4.78 is 5.59. The van der Waals surface area contributed by atoms with Crippen molar-refractivity contribution in [1.82, 2.24) is 9.97 Å². The van der Waals surface area contributed by atoms with E-state index in [4.69, 9.17) is 14.8 Å². The fourth-order valence-corrected chi connectivity index (χ4v) is 1.87. The Kier molecular flexibility index (Phi) is 3.33. The molecule has 0 spiro atoms. The van der Waals surface area contributed by atoms with Crippen molar-refractivity contribution >= 4 is 23.5 Å². The second-order valence-corrected chi connectivity index (χ2v) is 4.27. The third-order valence-electron chi connectivity index (χ3n) is 2.84. The number of hydrogen-bond acceptors (Lipinski definition) is 5. The molecule has 0 radical (unpaired) electrons. The lowest BCUT2D eigenvalue weighted by Crippen LogP contribution is -2.29. The van der Waals surface area contributed by atoms with E-state index >= 15 is 0 Å². The van der Waals surface area contributed by atoms with Gasteiger partial charge in [0, 0.05) is 17.6 Å². The number of hydrogen-bond donors (Lipinski definition) is 2. The van der Waals surface area contributed by atoms with Gasteiger partial charge in [0.1, 0.15) is 5.75 Å². The molecule has 98 valence electrons. The Bertz CT molecular complexity index is 735. The molecular weight excluding hydrogens is 255 g/mol. The average molecular weight is 266 g/mol. The van der Waals surface area contributed by atoms with Crippen LogP contribution in [0.5, 0.6) is 11.6 Å². The summed E-state index contributed by atoms with van der Waals surface area (Å²) >= 11 is 0. The van der Waals surface area contributed by atoms with Crippen molar-refractivity contribution in [3.05, 3.63) is 54.9 Å². The van der Waals surface area contributed by atoms with Crippen LogP contribution in [0.4, 0.5) is 0 Å². The van der Waals surface area contributed by atoms with Crippen LogP contribution in [0, 0.1) is 0 Å². The fraction of sp³-hybridized carbons (Fsp3) is 0. The molecule has 0 atom stereocenters. The van der Waals surface area contributed by atoms with Crippen molar-refractivity contribution in [2.45, 2.75) is 0 Å². The number of pyridine rings is 2. The zero-order valence-corrected chi connectivity index (χ0v) is 10.5. The van der Waals surface area contributed by atoms with E-state index in [0.717, 1.165) is 10.9 Å². The smallest absolute Gasteiger partial charge is 0.437 e. The Morgan fingerprint density at radius 1 is 1.05 bits per heavy atom. The molecule has 5 nitrogen and oxygen atoms in total. The molecular formula is C14H11BN2O3. The van der Waals surface area contributed by atoms with Crippen LogP contribution in [-0.2, 0) is 0 Å². The van der Waals surface area contributed by atoms with Crippen molar-refractivity contribution in [1.29, 1.82) is 0 Å². The summed E-state index contributed by atoms with van der Waals surface area (Å²) in [6, 6.07) is 12.1. The molecule has 0 fully saturated rings. The standard InChI is InChI=1S/C14H11BN2O3/c18-15(19)11-4-5-13-10(8-11)3-6-14(17-13)20-12-2-1-7-16-9-12/h1-9,18-19H. The highest BCUT2D eigenvalue weighted by Crippen LogP contribution is 2.21. The van der Waals surface area contributed by atoms with Crippen LogP contribution in [0.2, 0.25) is 0 Å². The molecule has 3 aromatic rings. The van der Waals surface area contributed by atoms with Gasteiger partial charge in [0.2, 0.25) is 5.88 Å². The van der Waals surface area contributed by atoms with Gasteiger partial charge >= 0.3 is 7.12 Å². The zero-order chi connectivity index (χ0) is 13.9. The van der Waals surface area contributed by atoms with Crippen molar-refractivity contribution in [2.24, 2.45) is 0 Å². The van der Waals surface area contributed by atoms with Crippen LogP contribution < -0.4 is 10.2 Å². The number of nitrogens with zero attached hydrogens (tertiary/aromatic N) is 2. The first kappa shape index (κ1) is 12.6. The predicted octanol–water partition coefficient (Wildman–Crippen LogP) is 1.10. The predicted molar refractivity (Wildman–Crippen MR) is 75.9 cm³/mol. The summed E-state index contributed by atoms with van der Waals surface area (Å²) in [5.41, 5.74) is 1.15. The minimum absolute atomic E-state index is 0.431. The Morgan fingerprint density at radius 2 is 1.95 bits per heavy atom. The van der Waals surface area contributed by atoms with Gasteiger partial charge in [-0.15, -0.1) is 0 Å². The first-order valence-corrected chi connectivity index (χ1v) is 6.07. The molecule has 1 aromatic carbocycles. The largest absolute Gasteiger partial charge is 0.488 e. The molecule has 0 amide bonds. The van der Waals surface area contributed by atoms with Gasteiger partial charge in [0.15, 0.2) is 0 Å². The van der Waals surface area contributed by atoms with Gasteiger partial charge in [-0.3, -0.25) is 4.98 Å². The quantitative estimate of drug-likeness (QED) is 0.694. The first-order valence-electron chi connectivity index (χ1n) is 6.07. The van der Waals surface area contributed by atoms with Gasteiger partial charge in [0.25, 0.3) is 0 Å². The normalized spacial score (nSPS) is 10.5. The molecule has 0 aliphatic heterocycles. The second kappa shape index (κ2) is 5.28. The van der Waals surface area contributed by atoms with E-state index in [2.05, 4.69) is 9.97 Å². The van der Waals surface area contributed by atoms with E-state index in [1.165, 1.54) is 0 Å². The molecule has 0 aliphatic carbocycles. The molecule has 0 saturated carbocycles. The van der Waals surface area contributed by atoms with E-state index in [-0.39, 0.29) is 0 Å². The molecule has 0 saturated heterocycles. The number of aromatic nitrogens is 2. The lowest BCUT2D eigenvalue weighted by atomic mass is 9.80. The van der Waals surface area contributed by atoms with Crippen molar-refractivity contribution in [3.8, 4) is 11.6 Å². The summed E-state index contributed by atoms with van der Waals surface area (Å²) in [6.07, 6.45) is 3.28. The topological polar surface area (TPSA) is 75.5 Å². The maximum absolute atomic E-state index is 9.14. The summed E-state index contributed by atoms with van der Waals surface area (Å²) in [5.74, 6) is 1.07. The van der Waals surface area contributed by atoms with Gasteiger partial charge < -0.3 is 14.8 Å². The highest BCUT2D eigenvalue weighted by molar-refractivity contribution is 6.58. The molecule has 2 heterocycles. The third-order valence-corrected chi connectivity index (χ3v) is 2.84. The maximum Gasteiger partial charge on any atom is 0.488 e. The van der Waals surface area contributed by atoms with E-state index < -0.39 is 7.12 Å². The Hall–Kier alpha value is -2.44. The van der Waals surface area contributed by atoms with Crippen molar-refractivity contribution in [2.75, 3.05) is 0 Å². The van der Waals surface area contributed by atoms with Gasteiger partial charge in [-0.2, -0.15) is 0 Å². The first-order chi connectivity index (χ1) is 9.72. The van der Waals surface area contributed by atoms with E-state index in [1.807, 2.05) is 6.07 Å². The van der Waals surface area contributed by atoms with Gasteiger partial charge in [-0.05, 0) is 29.7 Å². The van der Waals surface area contributed by atoms with Crippen molar-refractivity contribution < 1.29 is 14.8 Å². The number of fused-ring (bicyclic) bond motifs is 1. The Balaban J connectivity index is 1.93. The maximum atomic E-state index is 9.14. The summed E-state index contributed by atoms with van der Waals surface area (Å²) in [6.45, 7) is 0. The minimum atomic E-state index is -1.48. The van der Waals surface area contributed by atoms with E-state index in [9.17, 15) is 0 Å². The van der Waals surface area contributed by atoms with Gasteiger partial charge in [0.05, 0.1) is 11.7 Å². The van der Waals surface area contributed by atoms with Gasteiger partial charge in [-0.1, -0.05) is 12.1 Å². The molecule has 3 rings (SSSR count). The number of benzene rings is 1. The fourth-order valence-electron chi connectivity index (χ4n) is 1.87. The molecule has 2 aromatic heterocycles. The third kappa shape index (κ3) is 2.61. The number of ether oxygens (including phenoxy) is 1. The average Bonchev–Trinajstić information content (AvgIpc) is 2.47. The summed E-state index contributed by atoms with van der Waals surface area (Å²) in [7, 11) is -1.48. The molecule has 0 unspecified atom stereocenters. The summed E-state index contributed by atoms with van der Waals surface area (Å²) in [4.78, 5) is 8.32. The minimum Gasteiger partial charge on any atom is -0.437 e. The molecule has 6 heteroatoms. The van der Waals surface area contributed by atoms with Crippen LogP contribution in [0.1, 0.15) is 0 Å². The van der Waals surface area contributed by atoms with Crippen LogP contribution >= 0.6 is 0 Å². The Morgan fingerprint density at radius 3 is 2.70 bits per heavy atom. The second-order valence-electron chi connectivity index (χ2n) is 4.27. The highest BCUT2D eigenvalue weighted by atomic mass is 16.5. The molecule has 0 bridgehead atoms. The van der Waals surface area contributed by atoms with Gasteiger partial charge in [-0.25, -0.2) is 4.98 Å². The summed E-state index contributed by atoms with van der Waals surface area (Å²) in [5, 5.41) is 19.1. The monoisotopic (exact) mass is 266 g/mol. The van der Waals surface area contributed by atoms with Crippen molar-refractivity contribution in [3.63, 3.8) is 0 Å². The van der Waals surface area contributed by atoms with E-state index in [0.29, 0.717) is 17.1 Å². The zero-order valence-electron chi connectivity index (χ0n) is 10.5. The van der Waals surface area contributed by atoms with Crippen LogP contribution in [0.3, 0.4) is 0 Å².